The normalized spacial score (nSPS) is 10.8. The van der Waals surface area contributed by atoms with Gasteiger partial charge in [0, 0.05) is 5.56 Å². The van der Waals surface area contributed by atoms with Gasteiger partial charge in [0.1, 0.15) is 0 Å². The first-order valence-electron chi connectivity index (χ1n) is 7.93. The van der Waals surface area contributed by atoms with E-state index in [0.717, 1.165) is 30.0 Å². The molecule has 3 aromatic carbocycles. The Kier molecular flexibility index (Phi) is 4.70. The number of hydrogen-bond donors (Lipinski definition) is 0. The summed E-state index contributed by atoms with van der Waals surface area (Å²) < 4.78 is 40.3. The van der Waals surface area contributed by atoms with Gasteiger partial charge in [-0.2, -0.15) is 0 Å². The number of halogens is 3. The molecule has 0 spiro atoms. The zero-order chi connectivity index (χ0) is 17.1. The molecule has 0 unspecified atom stereocenters. The van der Waals surface area contributed by atoms with Gasteiger partial charge in [0.25, 0.3) is 0 Å². The van der Waals surface area contributed by atoms with Gasteiger partial charge in [-0.15, -0.1) is 0 Å². The Labute approximate surface area is 139 Å². The van der Waals surface area contributed by atoms with Gasteiger partial charge in [-0.25, -0.2) is 13.2 Å². The largest absolute Gasteiger partial charge is 0.204 e. The molecule has 0 saturated heterocycles. The highest BCUT2D eigenvalue weighted by molar-refractivity contribution is 5.70. The highest BCUT2D eigenvalue weighted by Crippen LogP contribution is 2.28. The van der Waals surface area contributed by atoms with Crippen LogP contribution in [-0.2, 0) is 6.42 Å². The van der Waals surface area contributed by atoms with E-state index < -0.39 is 17.5 Å². The minimum atomic E-state index is -1.44. The molecule has 0 aliphatic heterocycles. The van der Waals surface area contributed by atoms with Gasteiger partial charge in [0.15, 0.2) is 17.5 Å². The zero-order valence-electron chi connectivity index (χ0n) is 13.3. The third-order valence-electron chi connectivity index (χ3n) is 4.06. The van der Waals surface area contributed by atoms with Crippen molar-refractivity contribution in [2.75, 3.05) is 0 Å². The molecule has 0 nitrogen and oxygen atoms in total. The fraction of sp³-hybridized carbons (Fsp3) is 0.143. The molecule has 24 heavy (non-hydrogen) atoms. The molecule has 122 valence electrons. The molecule has 0 N–H and O–H groups in total. The van der Waals surface area contributed by atoms with Crippen LogP contribution in [0.5, 0.6) is 0 Å². The molecule has 0 atom stereocenters. The van der Waals surface area contributed by atoms with Gasteiger partial charge < -0.3 is 0 Å². The van der Waals surface area contributed by atoms with Crippen molar-refractivity contribution in [3.05, 3.63) is 83.7 Å². The first-order valence-corrected chi connectivity index (χ1v) is 7.93. The first kappa shape index (κ1) is 16.3. The molecule has 0 aromatic heterocycles. The van der Waals surface area contributed by atoms with Gasteiger partial charge in [-0.3, -0.25) is 0 Å². The lowest BCUT2D eigenvalue weighted by Crippen LogP contribution is -1.93. The van der Waals surface area contributed by atoms with E-state index in [9.17, 15) is 13.2 Å². The van der Waals surface area contributed by atoms with Gasteiger partial charge in [-0.05, 0) is 40.8 Å². The molecule has 0 fully saturated rings. The monoisotopic (exact) mass is 326 g/mol. The van der Waals surface area contributed by atoms with Crippen LogP contribution in [0.4, 0.5) is 13.2 Å². The van der Waals surface area contributed by atoms with Crippen molar-refractivity contribution < 1.29 is 13.2 Å². The molecule has 0 bridgehead atoms. The summed E-state index contributed by atoms with van der Waals surface area (Å²) in [4.78, 5) is 0. The average Bonchev–Trinajstić information content (AvgIpc) is 2.61. The summed E-state index contributed by atoms with van der Waals surface area (Å²) in [6, 6.07) is 17.6. The van der Waals surface area contributed by atoms with E-state index in [1.165, 1.54) is 11.6 Å². The van der Waals surface area contributed by atoms with Gasteiger partial charge in [0.2, 0.25) is 0 Å². The number of hydrogen-bond acceptors (Lipinski definition) is 0. The van der Waals surface area contributed by atoms with E-state index in [2.05, 4.69) is 31.2 Å². The molecule has 0 saturated carbocycles. The SMILES string of the molecule is CCCc1ccc(-c2ccc(-c3ccc(F)c(F)c3F)cc2)cc1. The summed E-state index contributed by atoms with van der Waals surface area (Å²) in [6.45, 7) is 2.14. The Morgan fingerprint density at radius 1 is 0.625 bits per heavy atom. The molecule has 3 rings (SSSR count). The second kappa shape index (κ2) is 6.91. The second-order valence-corrected chi connectivity index (χ2v) is 5.75. The average molecular weight is 326 g/mol. The summed E-state index contributed by atoms with van der Waals surface area (Å²) in [5.74, 6) is -3.78. The number of benzene rings is 3. The Bertz CT molecular complexity index is 834. The predicted molar refractivity (Wildman–Crippen MR) is 91.2 cm³/mol. The van der Waals surface area contributed by atoms with E-state index >= 15 is 0 Å². The summed E-state index contributed by atoms with van der Waals surface area (Å²) >= 11 is 0. The first-order chi connectivity index (χ1) is 11.6. The molecule has 0 amide bonds. The molecule has 0 radical (unpaired) electrons. The zero-order valence-corrected chi connectivity index (χ0v) is 13.3. The Morgan fingerprint density at radius 2 is 1.17 bits per heavy atom. The van der Waals surface area contributed by atoms with Crippen LogP contribution in [0.1, 0.15) is 18.9 Å². The molecular weight excluding hydrogens is 309 g/mol. The van der Waals surface area contributed by atoms with Crippen LogP contribution < -0.4 is 0 Å². The summed E-state index contributed by atoms with van der Waals surface area (Å²) in [5, 5.41) is 0. The Balaban J connectivity index is 1.89. The van der Waals surface area contributed by atoms with Crippen molar-refractivity contribution in [3.8, 4) is 22.3 Å². The molecule has 0 aliphatic rings. The smallest absolute Gasteiger partial charge is 0.195 e. The summed E-state index contributed by atoms with van der Waals surface area (Å²) in [6.07, 6.45) is 2.16. The van der Waals surface area contributed by atoms with E-state index in [-0.39, 0.29) is 5.56 Å². The van der Waals surface area contributed by atoms with Crippen LogP contribution in [0, 0.1) is 17.5 Å². The summed E-state index contributed by atoms with van der Waals surface area (Å²) in [7, 11) is 0. The maximum absolute atomic E-state index is 13.9. The molecule has 0 heterocycles. The van der Waals surface area contributed by atoms with Crippen LogP contribution in [0.15, 0.2) is 60.7 Å². The highest BCUT2D eigenvalue weighted by atomic mass is 19.2. The van der Waals surface area contributed by atoms with E-state index in [4.69, 9.17) is 0 Å². The van der Waals surface area contributed by atoms with Crippen molar-refractivity contribution in [3.63, 3.8) is 0 Å². The second-order valence-electron chi connectivity index (χ2n) is 5.75. The highest BCUT2D eigenvalue weighted by Gasteiger charge is 2.14. The summed E-state index contributed by atoms with van der Waals surface area (Å²) in [5.41, 5.74) is 3.91. The lowest BCUT2D eigenvalue weighted by atomic mass is 9.98. The number of aryl methyl sites for hydroxylation is 1. The van der Waals surface area contributed by atoms with Crippen LogP contribution in [-0.4, -0.2) is 0 Å². The predicted octanol–water partition coefficient (Wildman–Crippen LogP) is 6.39. The van der Waals surface area contributed by atoms with Crippen LogP contribution in [0.25, 0.3) is 22.3 Å². The Morgan fingerprint density at radius 3 is 1.75 bits per heavy atom. The van der Waals surface area contributed by atoms with Crippen molar-refractivity contribution in [2.45, 2.75) is 19.8 Å². The van der Waals surface area contributed by atoms with Gasteiger partial charge in [-0.1, -0.05) is 61.9 Å². The van der Waals surface area contributed by atoms with Crippen molar-refractivity contribution >= 4 is 0 Å². The van der Waals surface area contributed by atoms with Gasteiger partial charge in [0.05, 0.1) is 0 Å². The van der Waals surface area contributed by atoms with E-state index in [0.29, 0.717) is 5.56 Å². The standard InChI is InChI=1S/C21H17F3/c1-2-3-14-4-6-15(7-5-14)16-8-10-17(11-9-16)18-12-13-19(22)21(24)20(18)23/h4-13H,2-3H2,1H3. The minimum Gasteiger partial charge on any atom is -0.204 e. The van der Waals surface area contributed by atoms with E-state index in [1.807, 2.05) is 12.1 Å². The van der Waals surface area contributed by atoms with Crippen LogP contribution in [0.3, 0.4) is 0 Å². The molecule has 3 aromatic rings. The lowest BCUT2D eigenvalue weighted by molar-refractivity contribution is 0.449. The van der Waals surface area contributed by atoms with Crippen molar-refractivity contribution in [2.24, 2.45) is 0 Å². The Hall–Kier alpha value is -2.55. The molecule has 3 heteroatoms. The lowest BCUT2D eigenvalue weighted by Gasteiger charge is -2.08. The fourth-order valence-corrected chi connectivity index (χ4v) is 2.74. The maximum atomic E-state index is 13.9. The quantitative estimate of drug-likeness (QED) is 0.487. The minimum absolute atomic E-state index is 0.0544. The van der Waals surface area contributed by atoms with Crippen molar-refractivity contribution in [1.82, 2.24) is 0 Å². The maximum Gasteiger partial charge on any atom is 0.195 e. The van der Waals surface area contributed by atoms with E-state index in [1.54, 1.807) is 12.1 Å². The third kappa shape index (κ3) is 3.21. The topological polar surface area (TPSA) is 0 Å². The number of rotatable bonds is 4. The fourth-order valence-electron chi connectivity index (χ4n) is 2.74. The molecule has 0 aliphatic carbocycles. The van der Waals surface area contributed by atoms with Crippen LogP contribution in [0.2, 0.25) is 0 Å². The third-order valence-corrected chi connectivity index (χ3v) is 4.06. The molecular formula is C21H17F3. The van der Waals surface area contributed by atoms with Crippen LogP contribution >= 0.6 is 0 Å². The van der Waals surface area contributed by atoms with Gasteiger partial charge >= 0.3 is 0 Å². The van der Waals surface area contributed by atoms with Crippen molar-refractivity contribution in [1.29, 1.82) is 0 Å².